The lowest BCUT2D eigenvalue weighted by atomic mass is 10.0. The van der Waals surface area contributed by atoms with Gasteiger partial charge in [-0.3, -0.25) is 0 Å². The summed E-state index contributed by atoms with van der Waals surface area (Å²) in [6.45, 7) is 6.42. The van der Waals surface area contributed by atoms with Crippen LogP contribution in [-0.2, 0) is 0 Å². The number of hydrogen-bond acceptors (Lipinski definition) is 2. The molecule has 0 aliphatic heterocycles. The van der Waals surface area contributed by atoms with Crippen LogP contribution in [0.3, 0.4) is 0 Å². The maximum Gasteiger partial charge on any atom is 0.159 e. The highest BCUT2D eigenvalue weighted by atomic mass is 35.5. The minimum absolute atomic E-state index is 0. The monoisotopic (exact) mass is 258 g/mol. The van der Waals surface area contributed by atoms with Crippen molar-refractivity contribution in [2.24, 2.45) is 10.7 Å². The molecule has 0 saturated heterocycles. The van der Waals surface area contributed by atoms with Gasteiger partial charge < -0.3 is 5.73 Å². The first kappa shape index (κ1) is 15.3. The van der Waals surface area contributed by atoms with Crippen molar-refractivity contribution >= 4 is 35.0 Å². The second kappa shape index (κ2) is 7.58. The largest absolute Gasteiger partial charge is 0.378 e. The van der Waals surface area contributed by atoms with Gasteiger partial charge in [0.15, 0.2) is 5.17 Å². The average Bonchev–Trinajstić information content (AvgIpc) is 2.18. The molecule has 0 aromatic heterocycles. The number of rotatable bonds is 3. The molecule has 1 rings (SSSR count). The van der Waals surface area contributed by atoms with E-state index in [1.54, 1.807) is 11.8 Å². The predicted molar refractivity (Wildman–Crippen MR) is 77.2 cm³/mol. The van der Waals surface area contributed by atoms with Gasteiger partial charge in [0.2, 0.25) is 0 Å². The van der Waals surface area contributed by atoms with Crippen molar-refractivity contribution in [1.29, 1.82) is 0 Å². The lowest BCUT2D eigenvalue weighted by Crippen LogP contribution is -2.05. The number of thioether (sulfide) groups is 1. The fourth-order valence-electron chi connectivity index (χ4n) is 1.24. The Morgan fingerprint density at radius 3 is 2.31 bits per heavy atom. The average molecular weight is 259 g/mol. The summed E-state index contributed by atoms with van der Waals surface area (Å²) in [4.78, 5) is 4.31. The van der Waals surface area contributed by atoms with Crippen LogP contribution < -0.4 is 5.73 Å². The van der Waals surface area contributed by atoms with Crippen LogP contribution in [0.4, 0.5) is 5.69 Å². The Bertz CT molecular complexity index is 333. The molecule has 90 valence electrons. The van der Waals surface area contributed by atoms with Crippen LogP contribution in [0.2, 0.25) is 0 Å². The highest BCUT2D eigenvalue weighted by Gasteiger charge is 1.98. The smallest absolute Gasteiger partial charge is 0.159 e. The molecule has 4 heteroatoms. The fraction of sp³-hybridized carbons (Fsp3) is 0.417. The first-order chi connectivity index (χ1) is 7.13. The molecule has 0 fully saturated rings. The van der Waals surface area contributed by atoms with Gasteiger partial charge in [-0.2, -0.15) is 0 Å². The highest BCUT2D eigenvalue weighted by Crippen LogP contribution is 2.19. The number of nitrogens with two attached hydrogens (primary N) is 1. The summed E-state index contributed by atoms with van der Waals surface area (Å²) in [5.74, 6) is 1.52. The highest BCUT2D eigenvalue weighted by molar-refractivity contribution is 8.13. The molecule has 0 aliphatic rings. The van der Waals surface area contributed by atoms with Crippen molar-refractivity contribution < 1.29 is 0 Å². The first-order valence-corrected chi connectivity index (χ1v) is 6.19. The van der Waals surface area contributed by atoms with Gasteiger partial charge in [-0.15, -0.1) is 12.4 Å². The molecule has 0 aliphatic carbocycles. The molecule has 0 amide bonds. The van der Waals surface area contributed by atoms with Gasteiger partial charge in [-0.1, -0.05) is 44.7 Å². The number of benzene rings is 1. The lowest BCUT2D eigenvalue weighted by molar-refractivity contribution is 0.867. The topological polar surface area (TPSA) is 38.4 Å². The van der Waals surface area contributed by atoms with E-state index < -0.39 is 0 Å². The van der Waals surface area contributed by atoms with Crippen molar-refractivity contribution in [1.82, 2.24) is 0 Å². The van der Waals surface area contributed by atoms with Crippen LogP contribution in [0, 0.1) is 0 Å². The Morgan fingerprint density at radius 2 is 1.88 bits per heavy atom. The Hall–Kier alpha value is -0.670. The van der Waals surface area contributed by atoms with E-state index in [2.05, 4.69) is 37.9 Å². The third-order valence-electron chi connectivity index (χ3n) is 2.09. The van der Waals surface area contributed by atoms with Crippen molar-refractivity contribution in [2.75, 3.05) is 5.75 Å². The molecule has 0 saturated carbocycles. The lowest BCUT2D eigenvalue weighted by Gasteiger charge is -2.04. The van der Waals surface area contributed by atoms with Gasteiger partial charge in [0.05, 0.1) is 5.69 Å². The Labute approximate surface area is 108 Å². The van der Waals surface area contributed by atoms with Crippen LogP contribution >= 0.6 is 24.2 Å². The van der Waals surface area contributed by atoms with Gasteiger partial charge in [-0.05, 0) is 29.4 Å². The van der Waals surface area contributed by atoms with Crippen LogP contribution in [0.25, 0.3) is 0 Å². The SMILES string of the molecule is CCSC(N)=Nc1ccc(C(C)C)cc1.Cl. The minimum Gasteiger partial charge on any atom is -0.378 e. The van der Waals surface area contributed by atoms with Crippen molar-refractivity contribution in [3.8, 4) is 0 Å². The van der Waals surface area contributed by atoms with E-state index >= 15 is 0 Å². The molecular weight excluding hydrogens is 240 g/mol. The van der Waals surface area contributed by atoms with E-state index in [0.29, 0.717) is 11.1 Å². The number of aliphatic imine (C=N–C) groups is 1. The van der Waals surface area contributed by atoms with Crippen molar-refractivity contribution in [3.05, 3.63) is 29.8 Å². The number of hydrogen-bond donors (Lipinski definition) is 1. The third-order valence-corrected chi connectivity index (χ3v) is 2.77. The van der Waals surface area contributed by atoms with Gasteiger partial charge in [-0.25, -0.2) is 4.99 Å². The summed E-state index contributed by atoms with van der Waals surface area (Å²) in [6, 6.07) is 8.23. The van der Waals surface area contributed by atoms with E-state index in [0.717, 1.165) is 11.4 Å². The maximum absolute atomic E-state index is 5.73. The summed E-state index contributed by atoms with van der Waals surface area (Å²) in [7, 11) is 0. The summed E-state index contributed by atoms with van der Waals surface area (Å²) < 4.78 is 0. The summed E-state index contributed by atoms with van der Waals surface area (Å²) in [5.41, 5.74) is 7.98. The van der Waals surface area contributed by atoms with E-state index in [1.165, 1.54) is 5.56 Å². The normalized spacial score (nSPS) is 11.4. The standard InChI is InChI=1S/C12H18N2S.ClH/c1-4-15-12(13)14-11-7-5-10(6-8-11)9(2)3;/h5-9H,4H2,1-3H3,(H2,13,14);1H. The molecule has 1 aromatic carbocycles. The van der Waals surface area contributed by atoms with Gasteiger partial charge >= 0.3 is 0 Å². The van der Waals surface area contributed by atoms with Crippen molar-refractivity contribution in [2.45, 2.75) is 26.7 Å². The van der Waals surface area contributed by atoms with Crippen molar-refractivity contribution in [3.63, 3.8) is 0 Å². The zero-order valence-corrected chi connectivity index (χ0v) is 11.6. The maximum atomic E-state index is 5.73. The van der Waals surface area contributed by atoms with Gasteiger partial charge in [0.25, 0.3) is 0 Å². The number of amidine groups is 1. The fourth-order valence-corrected chi connectivity index (χ4v) is 1.71. The zero-order valence-electron chi connectivity index (χ0n) is 9.93. The molecule has 16 heavy (non-hydrogen) atoms. The van der Waals surface area contributed by atoms with E-state index in [-0.39, 0.29) is 12.4 Å². The van der Waals surface area contributed by atoms with E-state index in [9.17, 15) is 0 Å². The third kappa shape index (κ3) is 4.90. The van der Waals surface area contributed by atoms with Crippen LogP contribution in [0.15, 0.2) is 29.3 Å². The second-order valence-corrected chi connectivity index (χ2v) is 4.91. The predicted octanol–water partition coefficient (Wildman–Crippen LogP) is 3.93. The van der Waals surface area contributed by atoms with Gasteiger partial charge in [0, 0.05) is 0 Å². The minimum atomic E-state index is 0. The van der Waals surface area contributed by atoms with E-state index in [4.69, 9.17) is 5.73 Å². The van der Waals surface area contributed by atoms with Crippen LogP contribution in [0.1, 0.15) is 32.3 Å². The molecule has 2 N–H and O–H groups in total. The first-order valence-electron chi connectivity index (χ1n) is 5.20. The number of nitrogens with zero attached hydrogens (tertiary/aromatic N) is 1. The molecule has 1 aromatic rings. The van der Waals surface area contributed by atoms with Crippen LogP contribution in [0.5, 0.6) is 0 Å². The molecule has 0 heterocycles. The molecule has 0 bridgehead atoms. The Morgan fingerprint density at radius 1 is 1.31 bits per heavy atom. The summed E-state index contributed by atoms with van der Waals surface area (Å²) in [6.07, 6.45) is 0. The summed E-state index contributed by atoms with van der Waals surface area (Å²) in [5, 5.41) is 0.634. The number of halogens is 1. The van der Waals surface area contributed by atoms with E-state index in [1.807, 2.05) is 12.1 Å². The zero-order chi connectivity index (χ0) is 11.3. The Kier molecular flexibility index (Phi) is 7.26. The Balaban J connectivity index is 0.00000225. The molecule has 0 atom stereocenters. The molecular formula is C12H19ClN2S. The van der Waals surface area contributed by atoms with Gasteiger partial charge in [0.1, 0.15) is 0 Å². The second-order valence-electron chi connectivity index (χ2n) is 3.63. The molecule has 0 radical (unpaired) electrons. The molecule has 0 unspecified atom stereocenters. The molecule has 0 spiro atoms. The summed E-state index contributed by atoms with van der Waals surface area (Å²) >= 11 is 1.56. The van der Waals surface area contributed by atoms with Crippen LogP contribution in [-0.4, -0.2) is 10.9 Å². The molecule has 2 nitrogen and oxygen atoms in total. The quantitative estimate of drug-likeness (QED) is 0.659.